The number of benzene rings is 1. The van der Waals surface area contributed by atoms with E-state index in [9.17, 15) is 4.79 Å². The molecule has 0 bridgehead atoms. The van der Waals surface area contributed by atoms with Gasteiger partial charge in [-0.25, -0.2) is 9.78 Å². The highest BCUT2D eigenvalue weighted by atomic mass is 16.5. The van der Waals surface area contributed by atoms with Crippen LogP contribution in [-0.4, -0.2) is 30.1 Å². The topological polar surface area (TPSA) is 64.1 Å². The number of nitrogens with one attached hydrogen (secondary N) is 1. The first-order valence-corrected chi connectivity index (χ1v) is 7.50. The van der Waals surface area contributed by atoms with Gasteiger partial charge in [-0.3, -0.25) is 4.98 Å². The van der Waals surface area contributed by atoms with Crippen LogP contribution in [0.25, 0.3) is 22.4 Å². The van der Waals surface area contributed by atoms with E-state index in [0.717, 1.165) is 16.7 Å². The van der Waals surface area contributed by atoms with Gasteiger partial charge in [-0.15, -0.1) is 0 Å². The van der Waals surface area contributed by atoms with Gasteiger partial charge in [-0.2, -0.15) is 0 Å². The molecule has 0 radical (unpaired) electrons. The average molecular weight is 319 g/mol. The molecule has 2 aromatic heterocycles. The van der Waals surface area contributed by atoms with Crippen molar-refractivity contribution in [3.63, 3.8) is 0 Å². The summed E-state index contributed by atoms with van der Waals surface area (Å²) >= 11 is 0. The van der Waals surface area contributed by atoms with Gasteiger partial charge in [-0.1, -0.05) is 30.3 Å². The number of pyridine rings is 2. The Balaban J connectivity index is 1.98. The molecule has 1 N–H and O–H groups in total. The first-order chi connectivity index (χ1) is 11.7. The van der Waals surface area contributed by atoms with Gasteiger partial charge in [0.05, 0.1) is 18.4 Å². The fourth-order valence-electron chi connectivity index (χ4n) is 2.41. The van der Waals surface area contributed by atoms with Crippen LogP contribution in [0.5, 0.6) is 0 Å². The summed E-state index contributed by atoms with van der Waals surface area (Å²) in [4.78, 5) is 20.5. The molecule has 0 atom stereocenters. The van der Waals surface area contributed by atoms with Gasteiger partial charge in [-0.05, 0) is 29.3 Å². The van der Waals surface area contributed by atoms with Crippen molar-refractivity contribution >= 4 is 11.8 Å². The molecule has 2 heterocycles. The Hall–Kier alpha value is -3.21. The van der Waals surface area contributed by atoms with Gasteiger partial charge in [0, 0.05) is 25.0 Å². The number of esters is 1. The molecule has 0 aliphatic carbocycles. The Bertz CT molecular complexity index is 846. The lowest BCUT2D eigenvalue weighted by molar-refractivity contribution is 0.0600. The summed E-state index contributed by atoms with van der Waals surface area (Å²) in [5.41, 5.74) is 4.22. The maximum atomic E-state index is 11.8. The van der Waals surface area contributed by atoms with Crippen molar-refractivity contribution in [2.75, 3.05) is 19.5 Å². The van der Waals surface area contributed by atoms with Gasteiger partial charge in [0.15, 0.2) is 0 Å². The first-order valence-electron chi connectivity index (χ1n) is 7.50. The lowest BCUT2D eigenvalue weighted by atomic mass is 10.0. The Morgan fingerprint density at radius 3 is 2.42 bits per heavy atom. The molecule has 120 valence electrons. The molecule has 0 fully saturated rings. The van der Waals surface area contributed by atoms with E-state index in [-0.39, 0.29) is 5.97 Å². The van der Waals surface area contributed by atoms with Crippen LogP contribution < -0.4 is 5.32 Å². The predicted molar refractivity (Wildman–Crippen MR) is 93.8 cm³/mol. The first kappa shape index (κ1) is 15.7. The Kier molecular flexibility index (Phi) is 4.52. The molecule has 3 rings (SSSR count). The minimum Gasteiger partial charge on any atom is -0.465 e. The number of carbonyl (C=O) groups excluding carboxylic acids is 1. The van der Waals surface area contributed by atoms with Crippen LogP contribution >= 0.6 is 0 Å². The zero-order chi connectivity index (χ0) is 16.9. The Morgan fingerprint density at radius 1 is 1.04 bits per heavy atom. The average Bonchev–Trinajstić information content (AvgIpc) is 2.67. The van der Waals surface area contributed by atoms with E-state index in [1.807, 2.05) is 42.6 Å². The lowest BCUT2D eigenvalue weighted by Gasteiger charge is -2.09. The maximum absolute atomic E-state index is 11.8. The molecular formula is C19H17N3O2. The largest absolute Gasteiger partial charge is 0.465 e. The maximum Gasteiger partial charge on any atom is 0.338 e. The van der Waals surface area contributed by atoms with E-state index in [0.29, 0.717) is 17.1 Å². The monoisotopic (exact) mass is 319 g/mol. The van der Waals surface area contributed by atoms with Crippen LogP contribution in [0.1, 0.15) is 10.4 Å². The van der Waals surface area contributed by atoms with E-state index in [2.05, 4.69) is 15.3 Å². The van der Waals surface area contributed by atoms with Crippen LogP contribution in [0.3, 0.4) is 0 Å². The zero-order valence-electron chi connectivity index (χ0n) is 13.5. The highest BCUT2D eigenvalue weighted by Crippen LogP contribution is 2.25. The fourth-order valence-corrected chi connectivity index (χ4v) is 2.41. The van der Waals surface area contributed by atoms with E-state index < -0.39 is 0 Å². The van der Waals surface area contributed by atoms with Crippen molar-refractivity contribution in [1.82, 2.24) is 9.97 Å². The minimum absolute atomic E-state index is 0.387. The summed E-state index contributed by atoms with van der Waals surface area (Å²) in [5.74, 6) is 0.228. The summed E-state index contributed by atoms with van der Waals surface area (Å²) in [5, 5.41) is 2.97. The molecule has 0 amide bonds. The molecule has 0 aliphatic heterocycles. The molecule has 5 heteroatoms. The van der Waals surface area contributed by atoms with Crippen molar-refractivity contribution in [1.29, 1.82) is 0 Å². The highest BCUT2D eigenvalue weighted by Gasteiger charge is 2.11. The molecule has 0 aliphatic rings. The third kappa shape index (κ3) is 3.25. The smallest absolute Gasteiger partial charge is 0.338 e. The van der Waals surface area contributed by atoms with E-state index in [4.69, 9.17) is 4.74 Å². The standard InChI is InChI=1S/C19H17N3O2/c1-20-18-11-16(19(23)24-2)10-17(22-18)14-7-5-13(6-8-14)15-4-3-9-21-12-15/h3-12H,1-2H3,(H,20,22). The molecule has 5 nitrogen and oxygen atoms in total. The number of anilines is 1. The quantitative estimate of drug-likeness (QED) is 0.744. The van der Waals surface area contributed by atoms with Gasteiger partial charge in [0.2, 0.25) is 0 Å². The zero-order valence-corrected chi connectivity index (χ0v) is 13.5. The van der Waals surface area contributed by atoms with Crippen LogP contribution in [0.15, 0.2) is 60.9 Å². The number of hydrogen-bond donors (Lipinski definition) is 1. The van der Waals surface area contributed by atoms with Crippen molar-refractivity contribution in [2.45, 2.75) is 0 Å². The van der Waals surface area contributed by atoms with E-state index in [1.54, 1.807) is 25.4 Å². The number of ether oxygens (including phenoxy) is 1. The molecule has 24 heavy (non-hydrogen) atoms. The van der Waals surface area contributed by atoms with E-state index >= 15 is 0 Å². The second-order valence-electron chi connectivity index (χ2n) is 5.19. The highest BCUT2D eigenvalue weighted by molar-refractivity contribution is 5.91. The summed E-state index contributed by atoms with van der Waals surface area (Å²) in [6.45, 7) is 0. The van der Waals surface area contributed by atoms with Crippen LogP contribution in [-0.2, 0) is 4.74 Å². The number of rotatable bonds is 4. The lowest BCUT2D eigenvalue weighted by Crippen LogP contribution is -2.04. The van der Waals surface area contributed by atoms with Crippen molar-refractivity contribution in [3.8, 4) is 22.4 Å². The molecule has 0 saturated carbocycles. The third-order valence-electron chi connectivity index (χ3n) is 3.68. The molecule has 0 spiro atoms. The summed E-state index contributed by atoms with van der Waals surface area (Å²) < 4.78 is 4.80. The molecule has 0 saturated heterocycles. The van der Waals surface area contributed by atoms with Crippen molar-refractivity contribution in [3.05, 3.63) is 66.5 Å². The molecule has 3 aromatic rings. The number of nitrogens with zero attached hydrogens (tertiary/aromatic N) is 2. The number of methoxy groups -OCH3 is 1. The van der Waals surface area contributed by atoms with Crippen LogP contribution in [0, 0.1) is 0 Å². The summed E-state index contributed by atoms with van der Waals surface area (Å²) in [6.07, 6.45) is 3.57. The molecule has 0 unspecified atom stereocenters. The number of aromatic nitrogens is 2. The second-order valence-corrected chi connectivity index (χ2v) is 5.19. The second kappa shape index (κ2) is 6.91. The van der Waals surface area contributed by atoms with Gasteiger partial charge >= 0.3 is 5.97 Å². The minimum atomic E-state index is -0.387. The normalized spacial score (nSPS) is 10.2. The third-order valence-corrected chi connectivity index (χ3v) is 3.68. The Morgan fingerprint density at radius 2 is 1.79 bits per heavy atom. The fraction of sp³-hybridized carbons (Fsp3) is 0.105. The Labute approximate surface area is 140 Å². The van der Waals surface area contributed by atoms with Gasteiger partial charge in [0.1, 0.15) is 5.82 Å². The summed E-state index contributed by atoms with van der Waals surface area (Å²) in [6, 6.07) is 15.3. The van der Waals surface area contributed by atoms with Gasteiger partial charge in [0.25, 0.3) is 0 Å². The molecular weight excluding hydrogens is 302 g/mol. The SMILES string of the molecule is CNc1cc(C(=O)OC)cc(-c2ccc(-c3cccnc3)cc2)n1. The summed E-state index contributed by atoms with van der Waals surface area (Å²) in [7, 11) is 3.13. The number of hydrogen-bond acceptors (Lipinski definition) is 5. The van der Waals surface area contributed by atoms with Crippen LogP contribution in [0.2, 0.25) is 0 Å². The van der Waals surface area contributed by atoms with Crippen molar-refractivity contribution < 1.29 is 9.53 Å². The predicted octanol–water partition coefficient (Wildman–Crippen LogP) is 3.64. The number of carbonyl (C=O) groups is 1. The van der Waals surface area contributed by atoms with Gasteiger partial charge < -0.3 is 10.1 Å². The van der Waals surface area contributed by atoms with Crippen molar-refractivity contribution in [2.24, 2.45) is 0 Å². The molecule has 1 aromatic carbocycles. The van der Waals surface area contributed by atoms with E-state index in [1.165, 1.54) is 7.11 Å². The van der Waals surface area contributed by atoms with Crippen LogP contribution in [0.4, 0.5) is 5.82 Å².